The number of hydrogen-bond donors (Lipinski definition) is 1. The zero-order chi connectivity index (χ0) is 24.7. The molecule has 2 atom stereocenters. The van der Waals surface area contributed by atoms with Crippen LogP contribution in [-0.2, 0) is 15.1 Å². The zero-order valence-electron chi connectivity index (χ0n) is 19.3. The molecular weight excluding hydrogens is 439 g/mol. The normalized spacial score (nSPS) is 18.4. The number of rotatable bonds is 4. The Kier molecular flexibility index (Phi) is 5.72. The smallest absolute Gasteiger partial charge is 0.408 e. The van der Waals surface area contributed by atoms with E-state index in [-0.39, 0.29) is 0 Å². The predicted molar refractivity (Wildman–Crippen MR) is 123 cm³/mol. The third kappa shape index (κ3) is 3.93. The van der Waals surface area contributed by atoms with Crippen LogP contribution in [-0.4, -0.2) is 40.3 Å². The van der Waals surface area contributed by atoms with E-state index in [0.717, 1.165) is 4.68 Å². The Hall–Kier alpha value is -4.01. The molecule has 4 rings (SSSR count). The Morgan fingerprint density at radius 2 is 1.76 bits per heavy atom. The zero-order valence-corrected chi connectivity index (χ0v) is 19.3. The van der Waals surface area contributed by atoms with Crippen molar-refractivity contribution in [2.45, 2.75) is 37.8 Å². The van der Waals surface area contributed by atoms with E-state index >= 15 is 0 Å². The SMILES string of the molecule is CN1C(=O)[C@@](NC(=O)OC(C)(C)C)([C@@H](C(=O)n2cccn2)c2ccc(F)cc2)c2ccccc21. The topological polar surface area (TPSA) is 93.5 Å². The van der Waals surface area contributed by atoms with E-state index in [9.17, 15) is 18.8 Å². The van der Waals surface area contributed by atoms with E-state index in [0.29, 0.717) is 16.8 Å². The molecule has 1 aromatic heterocycles. The number of aromatic nitrogens is 2. The number of benzene rings is 2. The van der Waals surface area contributed by atoms with Gasteiger partial charge in [-0.15, -0.1) is 0 Å². The van der Waals surface area contributed by atoms with Crippen LogP contribution in [0, 0.1) is 5.82 Å². The summed E-state index contributed by atoms with van der Waals surface area (Å²) in [5.41, 5.74) is -1.44. The van der Waals surface area contributed by atoms with E-state index < -0.39 is 40.8 Å². The van der Waals surface area contributed by atoms with Crippen LogP contribution in [0.25, 0.3) is 0 Å². The van der Waals surface area contributed by atoms with Gasteiger partial charge in [-0.1, -0.05) is 30.3 Å². The lowest BCUT2D eigenvalue weighted by Crippen LogP contribution is -2.59. The molecule has 176 valence electrons. The number of halogens is 1. The standard InChI is InChI=1S/C25H25FN4O4/c1-24(2,3)34-23(33)28-25(18-8-5-6-9-19(18)29(4)22(25)32)20(16-10-12-17(26)13-11-16)21(31)30-15-7-14-27-30/h5-15,20H,1-4H3,(H,28,33)/t20-,25+/m1/s1. The highest BCUT2D eigenvalue weighted by atomic mass is 19.1. The van der Waals surface area contributed by atoms with Crippen molar-refractivity contribution >= 4 is 23.6 Å². The van der Waals surface area contributed by atoms with Gasteiger partial charge in [-0.3, -0.25) is 9.59 Å². The molecule has 1 N–H and O–H groups in total. The number of amides is 2. The summed E-state index contributed by atoms with van der Waals surface area (Å²) in [5, 5.41) is 6.78. The molecule has 0 saturated heterocycles. The number of para-hydroxylation sites is 1. The summed E-state index contributed by atoms with van der Waals surface area (Å²) in [6.45, 7) is 5.09. The fourth-order valence-electron chi connectivity index (χ4n) is 4.29. The van der Waals surface area contributed by atoms with Gasteiger partial charge in [-0.2, -0.15) is 5.10 Å². The molecule has 0 unspecified atom stereocenters. The molecule has 3 aromatic rings. The Morgan fingerprint density at radius 3 is 2.38 bits per heavy atom. The Morgan fingerprint density at radius 1 is 1.09 bits per heavy atom. The number of nitrogens with one attached hydrogen (secondary N) is 1. The van der Waals surface area contributed by atoms with Crippen molar-refractivity contribution in [3.8, 4) is 0 Å². The number of carbonyl (C=O) groups excluding carboxylic acids is 3. The number of ether oxygens (including phenoxy) is 1. The first-order valence-electron chi connectivity index (χ1n) is 10.7. The van der Waals surface area contributed by atoms with E-state index in [4.69, 9.17) is 4.74 Å². The fraction of sp³-hybridized carbons (Fsp3) is 0.280. The maximum Gasteiger partial charge on any atom is 0.408 e. The van der Waals surface area contributed by atoms with Crippen molar-refractivity contribution in [3.05, 3.63) is 83.9 Å². The van der Waals surface area contributed by atoms with Gasteiger partial charge < -0.3 is 15.0 Å². The Bertz CT molecular complexity index is 1230. The summed E-state index contributed by atoms with van der Waals surface area (Å²) < 4.78 is 20.4. The van der Waals surface area contributed by atoms with Crippen LogP contribution < -0.4 is 10.2 Å². The molecule has 2 amide bonds. The molecule has 2 aromatic carbocycles. The van der Waals surface area contributed by atoms with Crippen LogP contribution in [0.3, 0.4) is 0 Å². The van der Waals surface area contributed by atoms with E-state index in [1.807, 2.05) is 0 Å². The van der Waals surface area contributed by atoms with Gasteiger partial charge in [-0.25, -0.2) is 13.9 Å². The van der Waals surface area contributed by atoms with E-state index in [1.165, 1.54) is 41.6 Å². The van der Waals surface area contributed by atoms with Gasteiger partial charge in [0.2, 0.25) is 0 Å². The van der Waals surface area contributed by atoms with Crippen LogP contribution in [0.5, 0.6) is 0 Å². The van der Waals surface area contributed by atoms with E-state index in [2.05, 4.69) is 10.4 Å². The second-order valence-electron chi connectivity index (χ2n) is 9.09. The Labute approximate surface area is 196 Å². The minimum atomic E-state index is -1.87. The maximum atomic E-state index is 13.9. The first kappa shape index (κ1) is 23.2. The average molecular weight is 464 g/mol. The minimum absolute atomic E-state index is 0.330. The van der Waals surface area contributed by atoms with Crippen molar-refractivity contribution in [2.75, 3.05) is 11.9 Å². The largest absolute Gasteiger partial charge is 0.444 e. The van der Waals surface area contributed by atoms with Crippen LogP contribution in [0.15, 0.2) is 67.0 Å². The molecule has 0 saturated carbocycles. The molecule has 0 spiro atoms. The van der Waals surface area contributed by atoms with Crippen molar-refractivity contribution in [1.29, 1.82) is 0 Å². The number of hydrogen-bond acceptors (Lipinski definition) is 5. The summed E-state index contributed by atoms with van der Waals surface area (Å²) in [5.74, 6) is -2.89. The number of likely N-dealkylation sites (N-methyl/N-ethyl adjacent to an activating group) is 1. The Balaban J connectivity index is 1.98. The number of nitrogens with zero attached hydrogens (tertiary/aromatic N) is 3. The third-order valence-electron chi connectivity index (χ3n) is 5.64. The van der Waals surface area contributed by atoms with Crippen LogP contribution in [0.2, 0.25) is 0 Å². The molecule has 9 heteroatoms. The fourth-order valence-corrected chi connectivity index (χ4v) is 4.29. The van der Waals surface area contributed by atoms with Gasteiger partial charge >= 0.3 is 6.09 Å². The maximum absolute atomic E-state index is 13.9. The summed E-state index contributed by atoms with van der Waals surface area (Å²) >= 11 is 0. The quantitative estimate of drug-likeness (QED) is 0.633. The molecule has 2 heterocycles. The second kappa shape index (κ2) is 8.40. The van der Waals surface area contributed by atoms with Crippen molar-refractivity contribution < 1.29 is 23.5 Å². The van der Waals surface area contributed by atoms with Crippen molar-refractivity contribution in [3.63, 3.8) is 0 Å². The third-order valence-corrected chi connectivity index (χ3v) is 5.64. The summed E-state index contributed by atoms with van der Waals surface area (Å²) in [4.78, 5) is 42.3. The highest BCUT2D eigenvalue weighted by molar-refractivity contribution is 6.12. The number of alkyl carbamates (subject to hydrolysis) is 1. The van der Waals surface area contributed by atoms with Crippen LogP contribution >= 0.6 is 0 Å². The first-order valence-corrected chi connectivity index (χ1v) is 10.7. The molecule has 0 bridgehead atoms. The average Bonchev–Trinajstić information content (AvgIpc) is 3.38. The van der Waals surface area contributed by atoms with Gasteiger partial charge in [0.1, 0.15) is 17.3 Å². The van der Waals surface area contributed by atoms with Gasteiger partial charge in [0, 0.05) is 30.7 Å². The van der Waals surface area contributed by atoms with Crippen LogP contribution in [0.1, 0.15) is 42.6 Å². The summed E-state index contributed by atoms with van der Waals surface area (Å²) in [6.07, 6.45) is 2.02. The van der Waals surface area contributed by atoms with Crippen LogP contribution in [0.4, 0.5) is 14.9 Å². The molecular formula is C25H25FN4O4. The number of anilines is 1. The minimum Gasteiger partial charge on any atom is -0.444 e. The highest BCUT2D eigenvalue weighted by Gasteiger charge is 2.59. The monoisotopic (exact) mass is 464 g/mol. The summed E-state index contributed by atoms with van der Waals surface area (Å²) in [6, 6.07) is 13.7. The molecule has 1 aliphatic rings. The second-order valence-corrected chi connectivity index (χ2v) is 9.09. The van der Waals surface area contributed by atoms with Gasteiger partial charge in [-0.05, 0) is 50.6 Å². The van der Waals surface area contributed by atoms with Gasteiger partial charge in [0.05, 0.1) is 0 Å². The first-order chi connectivity index (χ1) is 16.0. The van der Waals surface area contributed by atoms with Gasteiger partial charge in [0.25, 0.3) is 11.8 Å². The molecule has 0 aliphatic carbocycles. The van der Waals surface area contributed by atoms with E-state index in [1.54, 1.807) is 58.2 Å². The summed E-state index contributed by atoms with van der Waals surface area (Å²) in [7, 11) is 1.57. The molecule has 34 heavy (non-hydrogen) atoms. The van der Waals surface area contributed by atoms with Crippen molar-refractivity contribution in [2.24, 2.45) is 0 Å². The lowest BCUT2D eigenvalue weighted by atomic mass is 9.74. The van der Waals surface area contributed by atoms with Crippen molar-refractivity contribution in [1.82, 2.24) is 15.1 Å². The highest BCUT2D eigenvalue weighted by Crippen LogP contribution is 2.48. The lowest BCUT2D eigenvalue weighted by molar-refractivity contribution is -0.124. The van der Waals surface area contributed by atoms with Gasteiger partial charge in [0.15, 0.2) is 5.54 Å². The predicted octanol–water partition coefficient (Wildman–Crippen LogP) is 3.84. The molecule has 0 fully saturated rings. The lowest BCUT2D eigenvalue weighted by Gasteiger charge is -2.36. The molecule has 1 aliphatic heterocycles. The molecule has 0 radical (unpaired) electrons. The number of fused-ring (bicyclic) bond motifs is 1. The molecule has 8 nitrogen and oxygen atoms in total. The number of carbonyl (C=O) groups is 3.